The van der Waals surface area contributed by atoms with Crippen LogP contribution in [-0.2, 0) is 17.8 Å². The summed E-state index contributed by atoms with van der Waals surface area (Å²) in [6, 6.07) is 0. The maximum Gasteiger partial charge on any atom is 0.0950 e. The quantitative estimate of drug-likeness (QED) is 0.757. The number of hydrogen-bond acceptors (Lipinski definition) is 4. The maximum atomic E-state index is 5.66. The Morgan fingerprint density at radius 1 is 1.53 bits per heavy atom. The lowest BCUT2D eigenvalue weighted by Crippen LogP contribution is -2.31. The van der Waals surface area contributed by atoms with Gasteiger partial charge in [-0.2, -0.15) is 0 Å². The number of aromatic nitrogens is 2. The Kier molecular flexibility index (Phi) is 4.97. The van der Waals surface area contributed by atoms with Gasteiger partial charge in [-0.3, -0.25) is 0 Å². The van der Waals surface area contributed by atoms with Crippen LogP contribution in [0.25, 0.3) is 0 Å². The molecule has 1 aliphatic heterocycles. The van der Waals surface area contributed by atoms with Gasteiger partial charge < -0.3 is 20.4 Å². The van der Waals surface area contributed by atoms with E-state index in [2.05, 4.69) is 10.3 Å². The summed E-state index contributed by atoms with van der Waals surface area (Å²) in [6.45, 7) is 4.12. The fourth-order valence-electron chi connectivity index (χ4n) is 2.10. The summed E-state index contributed by atoms with van der Waals surface area (Å²) in [4.78, 5) is 4.32. The van der Waals surface area contributed by atoms with Crippen LogP contribution in [0.5, 0.6) is 0 Å². The summed E-state index contributed by atoms with van der Waals surface area (Å²) in [5.41, 5.74) is 6.55. The molecule has 1 aromatic rings. The first kappa shape index (κ1) is 12.5. The van der Waals surface area contributed by atoms with Gasteiger partial charge >= 0.3 is 0 Å². The van der Waals surface area contributed by atoms with E-state index in [-0.39, 0.29) is 0 Å². The van der Waals surface area contributed by atoms with Crippen molar-refractivity contribution >= 4 is 0 Å². The molecule has 0 amide bonds. The van der Waals surface area contributed by atoms with Crippen LogP contribution < -0.4 is 11.1 Å². The Bertz CT molecular complexity index is 320. The molecule has 0 aliphatic carbocycles. The van der Waals surface area contributed by atoms with E-state index in [0.717, 1.165) is 31.9 Å². The van der Waals surface area contributed by atoms with Gasteiger partial charge in [0.05, 0.1) is 18.1 Å². The molecule has 1 aromatic heterocycles. The lowest BCUT2D eigenvalue weighted by Gasteiger charge is -2.22. The predicted molar refractivity (Wildman–Crippen MR) is 66.6 cm³/mol. The largest absolute Gasteiger partial charge is 0.377 e. The first-order chi connectivity index (χ1) is 8.38. The zero-order chi connectivity index (χ0) is 11.9. The molecule has 0 bridgehead atoms. The minimum atomic E-state index is 0.384. The second-order valence-electron chi connectivity index (χ2n) is 4.51. The number of ether oxygens (including phenoxy) is 1. The van der Waals surface area contributed by atoms with Crippen LogP contribution in [0.2, 0.25) is 0 Å². The van der Waals surface area contributed by atoms with Gasteiger partial charge in [-0.15, -0.1) is 0 Å². The Morgan fingerprint density at radius 3 is 3.24 bits per heavy atom. The van der Waals surface area contributed by atoms with E-state index in [1.165, 1.54) is 19.3 Å². The summed E-state index contributed by atoms with van der Waals surface area (Å²) >= 11 is 0. The summed E-state index contributed by atoms with van der Waals surface area (Å²) < 4.78 is 7.68. The number of nitrogens with zero attached hydrogens (tertiary/aromatic N) is 2. The monoisotopic (exact) mass is 238 g/mol. The normalized spacial score (nSPS) is 20.6. The molecule has 1 saturated heterocycles. The van der Waals surface area contributed by atoms with Crippen molar-refractivity contribution in [1.29, 1.82) is 0 Å². The van der Waals surface area contributed by atoms with Crippen molar-refractivity contribution in [3.8, 4) is 0 Å². The first-order valence-corrected chi connectivity index (χ1v) is 6.41. The molecule has 2 rings (SSSR count). The molecule has 17 heavy (non-hydrogen) atoms. The molecule has 1 unspecified atom stereocenters. The van der Waals surface area contributed by atoms with E-state index < -0.39 is 0 Å². The van der Waals surface area contributed by atoms with E-state index in [1.807, 2.05) is 17.1 Å². The highest BCUT2D eigenvalue weighted by atomic mass is 16.5. The Hall–Kier alpha value is -0.910. The van der Waals surface area contributed by atoms with E-state index in [4.69, 9.17) is 10.5 Å². The van der Waals surface area contributed by atoms with Crippen molar-refractivity contribution in [2.24, 2.45) is 5.73 Å². The van der Waals surface area contributed by atoms with E-state index in [0.29, 0.717) is 12.6 Å². The second kappa shape index (κ2) is 6.74. The van der Waals surface area contributed by atoms with Crippen LogP contribution in [0.4, 0.5) is 0 Å². The Morgan fingerprint density at radius 2 is 2.47 bits per heavy atom. The zero-order valence-electron chi connectivity index (χ0n) is 10.3. The molecule has 2 heterocycles. The summed E-state index contributed by atoms with van der Waals surface area (Å²) in [7, 11) is 0. The van der Waals surface area contributed by atoms with Crippen LogP contribution in [0, 0.1) is 0 Å². The average molecular weight is 238 g/mol. The molecule has 96 valence electrons. The van der Waals surface area contributed by atoms with Gasteiger partial charge in [0.1, 0.15) is 0 Å². The van der Waals surface area contributed by atoms with Crippen molar-refractivity contribution in [2.45, 2.75) is 38.5 Å². The summed E-state index contributed by atoms with van der Waals surface area (Å²) in [6.07, 6.45) is 7.93. The van der Waals surface area contributed by atoms with Crippen molar-refractivity contribution < 1.29 is 4.74 Å². The van der Waals surface area contributed by atoms with Crippen LogP contribution in [-0.4, -0.2) is 35.4 Å². The first-order valence-electron chi connectivity index (χ1n) is 6.41. The molecule has 0 radical (unpaired) electrons. The Balaban J connectivity index is 1.66. The molecule has 1 aliphatic rings. The summed E-state index contributed by atoms with van der Waals surface area (Å²) in [5, 5.41) is 3.39. The summed E-state index contributed by atoms with van der Waals surface area (Å²) in [5.74, 6) is 0. The molecule has 3 N–H and O–H groups in total. The van der Waals surface area contributed by atoms with Gasteiger partial charge in [-0.25, -0.2) is 4.98 Å². The maximum absolute atomic E-state index is 5.66. The molecule has 0 spiro atoms. The van der Waals surface area contributed by atoms with Crippen LogP contribution in [0.15, 0.2) is 12.5 Å². The zero-order valence-corrected chi connectivity index (χ0v) is 10.3. The minimum absolute atomic E-state index is 0.384. The van der Waals surface area contributed by atoms with Gasteiger partial charge in [-0.05, 0) is 19.3 Å². The molecule has 1 fully saturated rings. The molecule has 0 aromatic carbocycles. The molecular weight excluding hydrogens is 216 g/mol. The van der Waals surface area contributed by atoms with Crippen LogP contribution >= 0.6 is 0 Å². The topological polar surface area (TPSA) is 65.1 Å². The molecule has 5 nitrogen and oxygen atoms in total. The number of hydrogen-bond donors (Lipinski definition) is 2. The average Bonchev–Trinajstić information content (AvgIpc) is 2.79. The third kappa shape index (κ3) is 4.11. The highest BCUT2D eigenvalue weighted by Gasteiger charge is 2.12. The third-order valence-corrected chi connectivity index (χ3v) is 3.03. The van der Waals surface area contributed by atoms with Crippen LogP contribution in [0.1, 0.15) is 25.0 Å². The number of nitrogens with two attached hydrogens (primary N) is 1. The molecule has 0 saturated carbocycles. The SMILES string of the molecule is NCCn1cnc(CNCC2CCCCO2)c1. The highest BCUT2D eigenvalue weighted by Crippen LogP contribution is 2.11. The minimum Gasteiger partial charge on any atom is -0.377 e. The number of imidazole rings is 1. The predicted octanol–water partition coefficient (Wildman–Crippen LogP) is 0.500. The van der Waals surface area contributed by atoms with E-state index in [9.17, 15) is 0 Å². The van der Waals surface area contributed by atoms with Gasteiger partial charge in [0.2, 0.25) is 0 Å². The highest BCUT2D eigenvalue weighted by molar-refractivity contribution is 4.96. The fourth-order valence-corrected chi connectivity index (χ4v) is 2.10. The van der Waals surface area contributed by atoms with Crippen LogP contribution in [0.3, 0.4) is 0 Å². The van der Waals surface area contributed by atoms with Crippen molar-refractivity contribution in [1.82, 2.24) is 14.9 Å². The lowest BCUT2D eigenvalue weighted by atomic mass is 10.1. The lowest BCUT2D eigenvalue weighted by molar-refractivity contribution is 0.0167. The fraction of sp³-hybridized carbons (Fsp3) is 0.750. The molecular formula is C12H22N4O. The Labute approximate surface area is 102 Å². The van der Waals surface area contributed by atoms with Gasteiger partial charge in [0.15, 0.2) is 0 Å². The van der Waals surface area contributed by atoms with Crippen molar-refractivity contribution in [3.63, 3.8) is 0 Å². The smallest absolute Gasteiger partial charge is 0.0950 e. The van der Waals surface area contributed by atoms with E-state index >= 15 is 0 Å². The standard InChI is InChI=1S/C12H22N4O/c13-4-5-16-9-11(15-10-16)7-14-8-12-3-1-2-6-17-12/h9-10,12,14H,1-8,13H2. The van der Waals surface area contributed by atoms with Crippen molar-refractivity contribution in [3.05, 3.63) is 18.2 Å². The second-order valence-corrected chi connectivity index (χ2v) is 4.51. The van der Waals surface area contributed by atoms with E-state index in [1.54, 1.807) is 0 Å². The van der Waals surface area contributed by atoms with Gasteiger partial charge in [-0.1, -0.05) is 0 Å². The molecule has 1 atom stereocenters. The van der Waals surface area contributed by atoms with Crippen molar-refractivity contribution in [2.75, 3.05) is 19.7 Å². The third-order valence-electron chi connectivity index (χ3n) is 3.03. The number of rotatable bonds is 6. The van der Waals surface area contributed by atoms with Gasteiger partial charge in [0.25, 0.3) is 0 Å². The molecule has 5 heteroatoms. The van der Waals surface area contributed by atoms with Gasteiger partial charge in [0, 0.05) is 39.0 Å². The number of nitrogens with one attached hydrogen (secondary N) is 1.